The molecular formula is C13H18N2O3. The van der Waals surface area contributed by atoms with Crippen molar-refractivity contribution in [1.82, 2.24) is 4.98 Å². The number of anilines is 1. The molecule has 1 saturated carbocycles. The first-order chi connectivity index (χ1) is 8.66. The summed E-state index contributed by atoms with van der Waals surface area (Å²) in [6, 6.07) is 3.15. The molecule has 2 atom stereocenters. The lowest BCUT2D eigenvalue weighted by Crippen LogP contribution is -2.25. The van der Waals surface area contributed by atoms with Gasteiger partial charge in [-0.25, -0.2) is 9.78 Å². The van der Waals surface area contributed by atoms with Crippen LogP contribution in [0.15, 0.2) is 18.3 Å². The van der Waals surface area contributed by atoms with Gasteiger partial charge in [0.1, 0.15) is 11.4 Å². The predicted octanol–water partition coefficient (Wildman–Crippen LogP) is 1.74. The van der Waals surface area contributed by atoms with E-state index in [2.05, 4.69) is 10.3 Å². The number of carboxylic acids is 1. The number of aliphatic hydroxyl groups excluding tert-OH is 1. The molecule has 1 fully saturated rings. The highest BCUT2D eigenvalue weighted by molar-refractivity contribution is 5.92. The van der Waals surface area contributed by atoms with E-state index in [-0.39, 0.29) is 11.7 Å². The van der Waals surface area contributed by atoms with Crippen LogP contribution >= 0.6 is 0 Å². The van der Waals surface area contributed by atoms with Gasteiger partial charge in [-0.3, -0.25) is 0 Å². The molecule has 0 bridgehead atoms. The number of hydrogen-bond donors (Lipinski definition) is 3. The molecular weight excluding hydrogens is 232 g/mol. The van der Waals surface area contributed by atoms with Gasteiger partial charge in [-0.05, 0) is 37.3 Å². The van der Waals surface area contributed by atoms with Gasteiger partial charge in [-0.2, -0.15) is 0 Å². The maximum atomic E-state index is 11.0. The van der Waals surface area contributed by atoms with Crippen LogP contribution in [0.5, 0.6) is 0 Å². The third-order valence-corrected chi connectivity index (χ3v) is 3.35. The Labute approximate surface area is 106 Å². The number of hydrogen-bond acceptors (Lipinski definition) is 4. The van der Waals surface area contributed by atoms with Crippen LogP contribution in [0.4, 0.5) is 5.82 Å². The van der Waals surface area contributed by atoms with Crippen LogP contribution in [0.3, 0.4) is 0 Å². The fourth-order valence-electron chi connectivity index (χ4n) is 2.41. The summed E-state index contributed by atoms with van der Waals surface area (Å²) in [7, 11) is 0. The van der Waals surface area contributed by atoms with Crippen molar-refractivity contribution in [1.29, 1.82) is 0 Å². The lowest BCUT2D eigenvalue weighted by molar-refractivity contribution is 0.0697. The molecule has 98 valence electrons. The molecule has 1 aromatic heterocycles. The molecule has 1 aliphatic carbocycles. The first-order valence-electron chi connectivity index (χ1n) is 6.27. The Morgan fingerprint density at radius 2 is 2.33 bits per heavy atom. The minimum atomic E-state index is -0.978. The SMILES string of the molecule is O=C(O)c1cccnc1NCC1CCCC(O)C1. The van der Waals surface area contributed by atoms with Crippen molar-refractivity contribution in [3.63, 3.8) is 0 Å². The summed E-state index contributed by atoms with van der Waals surface area (Å²) in [6.07, 6.45) is 5.11. The summed E-state index contributed by atoms with van der Waals surface area (Å²) >= 11 is 0. The highest BCUT2D eigenvalue weighted by Gasteiger charge is 2.20. The molecule has 0 spiro atoms. The minimum Gasteiger partial charge on any atom is -0.478 e. The smallest absolute Gasteiger partial charge is 0.339 e. The van der Waals surface area contributed by atoms with Gasteiger partial charge >= 0.3 is 5.97 Å². The zero-order chi connectivity index (χ0) is 13.0. The summed E-state index contributed by atoms with van der Waals surface area (Å²) in [5.41, 5.74) is 0.189. The number of nitrogens with one attached hydrogen (secondary N) is 1. The quantitative estimate of drug-likeness (QED) is 0.758. The van der Waals surface area contributed by atoms with Crippen molar-refractivity contribution >= 4 is 11.8 Å². The predicted molar refractivity (Wildman–Crippen MR) is 67.7 cm³/mol. The van der Waals surface area contributed by atoms with Gasteiger partial charge < -0.3 is 15.5 Å². The van der Waals surface area contributed by atoms with Gasteiger partial charge in [0.2, 0.25) is 0 Å². The van der Waals surface area contributed by atoms with Crippen LogP contribution in [-0.2, 0) is 0 Å². The molecule has 1 heterocycles. The van der Waals surface area contributed by atoms with Gasteiger partial charge in [0.05, 0.1) is 6.10 Å². The summed E-state index contributed by atoms with van der Waals surface area (Å²) in [4.78, 5) is 15.1. The number of aromatic nitrogens is 1. The van der Waals surface area contributed by atoms with E-state index in [1.807, 2.05) is 0 Å². The molecule has 2 unspecified atom stereocenters. The standard InChI is InChI=1S/C13H18N2O3/c16-10-4-1-3-9(7-10)8-15-12-11(13(17)18)5-2-6-14-12/h2,5-6,9-10,16H,1,3-4,7-8H2,(H,14,15)(H,17,18). The van der Waals surface area contributed by atoms with Gasteiger partial charge in [-0.15, -0.1) is 0 Å². The van der Waals surface area contributed by atoms with Gasteiger partial charge in [0.15, 0.2) is 0 Å². The van der Waals surface area contributed by atoms with E-state index in [4.69, 9.17) is 5.11 Å². The Balaban J connectivity index is 1.95. The number of carbonyl (C=O) groups is 1. The number of aromatic carboxylic acids is 1. The van der Waals surface area contributed by atoms with E-state index in [1.54, 1.807) is 12.3 Å². The Hall–Kier alpha value is -1.62. The second-order valence-electron chi connectivity index (χ2n) is 4.77. The van der Waals surface area contributed by atoms with E-state index < -0.39 is 5.97 Å². The monoisotopic (exact) mass is 250 g/mol. The van der Waals surface area contributed by atoms with Gasteiger partial charge in [-0.1, -0.05) is 6.42 Å². The second-order valence-corrected chi connectivity index (χ2v) is 4.77. The molecule has 0 aromatic carbocycles. The van der Waals surface area contributed by atoms with Gasteiger partial charge in [0.25, 0.3) is 0 Å². The maximum absolute atomic E-state index is 11.0. The van der Waals surface area contributed by atoms with E-state index in [0.717, 1.165) is 25.7 Å². The molecule has 5 nitrogen and oxygen atoms in total. The zero-order valence-electron chi connectivity index (χ0n) is 10.2. The molecule has 3 N–H and O–H groups in total. The molecule has 0 saturated heterocycles. The summed E-state index contributed by atoms with van der Waals surface area (Å²) in [6.45, 7) is 0.661. The van der Waals surface area contributed by atoms with E-state index in [1.165, 1.54) is 6.07 Å². The molecule has 1 aliphatic rings. The van der Waals surface area contributed by atoms with Crippen LogP contribution in [-0.4, -0.2) is 33.8 Å². The largest absolute Gasteiger partial charge is 0.478 e. The van der Waals surface area contributed by atoms with E-state index in [9.17, 15) is 9.90 Å². The van der Waals surface area contributed by atoms with Crippen LogP contribution in [0, 0.1) is 5.92 Å². The minimum absolute atomic E-state index is 0.189. The van der Waals surface area contributed by atoms with Crippen molar-refractivity contribution in [2.45, 2.75) is 31.8 Å². The first kappa shape index (κ1) is 12.8. The first-order valence-corrected chi connectivity index (χ1v) is 6.27. The summed E-state index contributed by atoms with van der Waals surface area (Å²) in [5.74, 6) is -0.184. The lowest BCUT2D eigenvalue weighted by atomic mass is 9.87. The maximum Gasteiger partial charge on any atom is 0.339 e. The Morgan fingerprint density at radius 1 is 1.50 bits per heavy atom. The number of aliphatic hydroxyl groups is 1. The highest BCUT2D eigenvalue weighted by atomic mass is 16.4. The average Bonchev–Trinajstić information content (AvgIpc) is 2.37. The van der Waals surface area contributed by atoms with Crippen LogP contribution in [0.1, 0.15) is 36.0 Å². The number of carboxylic acid groups (broad SMARTS) is 1. The Bertz CT molecular complexity index is 422. The number of rotatable bonds is 4. The number of nitrogens with zero attached hydrogens (tertiary/aromatic N) is 1. The Morgan fingerprint density at radius 3 is 3.06 bits per heavy atom. The number of pyridine rings is 1. The van der Waals surface area contributed by atoms with Crippen molar-refractivity contribution < 1.29 is 15.0 Å². The molecule has 5 heteroatoms. The molecule has 0 aliphatic heterocycles. The molecule has 2 rings (SSSR count). The third kappa shape index (κ3) is 3.20. The fourth-order valence-corrected chi connectivity index (χ4v) is 2.41. The normalized spacial score (nSPS) is 23.6. The van der Waals surface area contributed by atoms with E-state index in [0.29, 0.717) is 18.3 Å². The topological polar surface area (TPSA) is 82.5 Å². The van der Waals surface area contributed by atoms with Crippen molar-refractivity contribution in [3.8, 4) is 0 Å². The molecule has 18 heavy (non-hydrogen) atoms. The van der Waals surface area contributed by atoms with E-state index >= 15 is 0 Å². The van der Waals surface area contributed by atoms with Crippen molar-refractivity contribution in [2.75, 3.05) is 11.9 Å². The van der Waals surface area contributed by atoms with Crippen molar-refractivity contribution in [3.05, 3.63) is 23.9 Å². The van der Waals surface area contributed by atoms with Crippen LogP contribution in [0.25, 0.3) is 0 Å². The molecule has 1 aromatic rings. The van der Waals surface area contributed by atoms with Crippen LogP contribution in [0.2, 0.25) is 0 Å². The summed E-state index contributed by atoms with van der Waals surface area (Å²) < 4.78 is 0. The summed E-state index contributed by atoms with van der Waals surface area (Å²) in [5, 5.41) is 21.7. The van der Waals surface area contributed by atoms with Crippen LogP contribution < -0.4 is 5.32 Å². The zero-order valence-corrected chi connectivity index (χ0v) is 10.2. The average molecular weight is 250 g/mol. The highest BCUT2D eigenvalue weighted by Crippen LogP contribution is 2.24. The molecule has 0 radical (unpaired) electrons. The second kappa shape index (κ2) is 5.82. The lowest BCUT2D eigenvalue weighted by Gasteiger charge is -2.26. The van der Waals surface area contributed by atoms with Gasteiger partial charge in [0, 0.05) is 12.7 Å². The molecule has 0 amide bonds. The Kier molecular flexibility index (Phi) is 4.15. The third-order valence-electron chi connectivity index (χ3n) is 3.35. The van der Waals surface area contributed by atoms with Crippen molar-refractivity contribution in [2.24, 2.45) is 5.92 Å². The fraction of sp³-hybridized carbons (Fsp3) is 0.538.